The first-order chi connectivity index (χ1) is 9.44. The normalized spacial score (nSPS) is 13.8. The van der Waals surface area contributed by atoms with Crippen molar-refractivity contribution in [1.29, 1.82) is 0 Å². The SMILES string of the molecule is CC(CO)(Nc1ccc(Cl)cc1)c1ccc(Br)cc1F. The van der Waals surface area contributed by atoms with E-state index in [4.69, 9.17) is 11.6 Å². The molecule has 0 aromatic heterocycles. The van der Waals surface area contributed by atoms with Crippen molar-refractivity contribution in [2.45, 2.75) is 12.5 Å². The van der Waals surface area contributed by atoms with Crippen LogP contribution in [-0.4, -0.2) is 11.7 Å². The van der Waals surface area contributed by atoms with Crippen molar-refractivity contribution < 1.29 is 9.50 Å². The lowest BCUT2D eigenvalue weighted by molar-refractivity contribution is 0.220. The molecule has 0 saturated carbocycles. The van der Waals surface area contributed by atoms with E-state index < -0.39 is 5.54 Å². The molecule has 2 rings (SSSR count). The maximum atomic E-state index is 14.1. The molecule has 0 aliphatic rings. The van der Waals surface area contributed by atoms with Crippen LogP contribution >= 0.6 is 27.5 Å². The number of aliphatic hydroxyl groups is 1. The Morgan fingerprint density at radius 2 is 1.90 bits per heavy atom. The molecule has 0 radical (unpaired) electrons. The smallest absolute Gasteiger partial charge is 0.129 e. The molecular weight excluding hydrogens is 345 g/mol. The fourth-order valence-corrected chi connectivity index (χ4v) is 2.44. The van der Waals surface area contributed by atoms with Gasteiger partial charge < -0.3 is 10.4 Å². The summed E-state index contributed by atoms with van der Waals surface area (Å²) in [7, 11) is 0. The molecule has 0 saturated heterocycles. The summed E-state index contributed by atoms with van der Waals surface area (Å²) in [6.07, 6.45) is 0. The number of anilines is 1. The van der Waals surface area contributed by atoms with Crippen LogP contribution in [0.15, 0.2) is 46.9 Å². The largest absolute Gasteiger partial charge is 0.394 e. The number of aliphatic hydroxyl groups excluding tert-OH is 1. The van der Waals surface area contributed by atoms with Gasteiger partial charge in [-0.2, -0.15) is 0 Å². The van der Waals surface area contributed by atoms with Gasteiger partial charge in [0.15, 0.2) is 0 Å². The highest BCUT2D eigenvalue weighted by Crippen LogP contribution is 2.30. The van der Waals surface area contributed by atoms with Crippen LogP contribution in [0.4, 0.5) is 10.1 Å². The van der Waals surface area contributed by atoms with E-state index in [-0.39, 0.29) is 12.4 Å². The molecule has 106 valence electrons. The van der Waals surface area contributed by atoms with Crippen molar-refractivity contribution in [3.8, 4) is 0 Å². The first-order valence-electron chi connectivity index (χ1n) is 6.05. The number of hydrogen-bond acceptors (Lipinski definition) is 2. The lowest BCUT2D eigenvalue weighted by Crippen LogP contribution is -2.36. The number of nitrogens with one attached hydrogen (secondary N) is 1. The van der Waals surface area contributed by atoms with Gasteiger partial charge in [0.1, 0.15) is 5.82 Å². The molecule has 0 heterocycles. The van der Waals surface area contributed by atoms with Gasteiger partial charge >= 0.3 is 0 Å². The maximum Gasteiger partial charge on any atom is 0.129 e. The maximum absolute atomic E-state index is 14.1. The minimum Gasteiger partial charge on any atom is -0.394 e. The van der Waals surface area contributed by atoms with Crippen molar-refractivity contribution in [1.82, 2.24) is 0 Å². The van der Waals surface area contributed by atoms with E-state index in [0.717, 1.165) is 5.69 Å². The van der Waals surface area contributed by atoms with Crippen LogP contribution in [0.1, 0.15) is 12.5 Å². The molecule has 0 bridgehead atoms. The van der Waals surface area contributed by atoms with Gasteiger partial charge in [-0.05, 0) is 43.3 Å². The summed E-state index contributed by atoms with van der Waals surface area (Å²) in [4.78, 5) is 0. The van der Waals surface area contributed by atoms with Crippen LogP contribution in [0.2, 0.25) is 5.02 Å². The Bertz CT molecular complexity index is 605. The van der Waals surface area contributed by atoms with Crippen LogP contribution in [0.3, 0.4) is 0 Å². The van der Waals surface area contributed by atoms with E-state index >= 15 is 0 Å². The van der Waals surface area contributed by atoms with E-state index in [0.29, 0.717) is 15.1 Å². The summed E-state index contributed by atoms with van der Waals surface area (Å²) < 4.78 is 14.8. The molecule has 1 atom stereocenters. The van der Waals surface area contributed by atoms with Gasteiger partial charge in [0.05, 0.1) is 12.1 Å². The van der Waals surface area contributed by atoms with Crippen LogP contribution in [0.25, 0.3) is 0 Å². The molecule has 0 amide bonds. The zero-order valence-electron chi connectivity index (χ0n) is 10.8. The topological polar surface area (TPSA) is 32.3 Å². The second-order valence-electron chi connectivity index (χ2n) is 4.75. The van der Waals surface area contributed by atoms with Crippen LogP contribution in [0, 0.1) is 5.82 Å². The van der Waals surface area contributed by atoms with E-state index in [9.17, 15) is 9.50 Å². The van der Waals surface area contributed by atoms with Gasteiger partial charge in [-0.3, -0.25) is 0 Å². The molecule has 2 aromatic rings. The summed E-state index contributed by atoms with van der Waals surface area (Å²) in [5, 5.41) is 13.4. The van der Waals surface area contributed by atoms with Gasteiger partial charge in [0.2, 0.25) is 0 Å². The first-order valence-corrected chi connectivity index (χ1v) is 7.22. The molecule has 2 N–H and O–H groups in total. The highest BCUT2D eigenvalue weighted by molar-refractivity contribution is 9.10. The zero-order valence-corrected chi connectivity index (χ0v) is 13.2. The van der Waals surface area contributed by atoms with Crippen LogP contribution in [0.5, 0.6) is 0 Å². The molecule has 0 aliphatic carbocycles. The van der Waals surface area contributed by atoms with Crippen LogP contribution in [-0.2, 0) is 5.54 Å². The Kier molecular flexibility index (Phi) is 4.68. The molecule has 2 nitrogen and oxygen atoms in total. The van der Waals surface area contributed by atoms with E-state index in [1.807, 2.05) is 0 Å². The molecule has 5 heteroatoms. The minimum absolute atomic E-state index is 0.242. The number of hydrogen-bond donors (Lipinski definition) is 2. The van der Waals surface area contributed by atoms with Gasteiger partial charge in [-0.15, -0.1) is 0 Å². The van der Waals surface area contributed by atoms with Gasteiger partial charge in [0, 0.05) is 20.7 Å². The van der Waals surface area contributed by atoms with Gasteiger partial charge in [0.25, 0.3) is 0 Å². The third kappa shape index (κ3) is 3.32. The van der Waals surface area contributed by atoms with Crippen molar-refractivity contribution in [2.24, 2.45) is 0 Å². The second kappa shape index (κ2) is 6.12. The second-order valence-corrected chi connectivity index (χ2v) is 6.10. The molecule has 0 spiro atoms. The molecule has 1 unspecified atom stereocenters. The Morgan fingerprint density at radius 1 is 1.25 bits per heavy atom. The average molecular weight is 359 g/mol. The predicted octanol–water partition coefficient (Wildman–Crippen LogP) is 4.56. The minimum atomic E-state index is -0.918. The average Bonchev–Trinajstić information content (AvgIpc) is 2.41. The molecule has 0 aliphatic heterocycles. The van der Waals surface area contributed by atoms with Gasteiger partial charge in [-0.1, -0.05) is 33.6 Å². The van der Waals surface area contributed by atoms with Crippen LogP contribution < -0.4 is 5.32 Å². The predicted molar refractivity (Wildman–Crippen MR) is 83.6 cm³/mol. The highest BCUT2D eigenvalue weighted by atomic mass is 79.9. The van der Waals surface area contributed by atoms with Crippen molar-refractivity contribution in [3.63, 3.8) is 0 Å². The zero-order chi connectivity index (χ0) is 14.8. The number of benzene rings is 2. The molecule has 20 heavy (non-hydrogen) atoms. The molecular formula is C15H14BrClFNO. The highest BCUT2D eigenvalue weighted by Gasteiger charge is 2.28. The quantitative estimate of drug-likeness (QED) is 0.839. The summed E-state index contributed by atoms with van der Waals surface area (Å²) in [5.41, 5.74) is 0.241. The number of rotatable bonds is 4. The van der Waals surface area contributed by atoms with Crippen molar-refractivity contribution >= 4 is 33.2 Å². The summed E-state index contributed by atoms with van der Waals surface area (Å²) >= 11 is 9.06. The lowest BCUT2D eigenvalue weighted by Gasteiger charge is -2.31. The van der Waals surface area contributed by atoms with Crippen molar-refractivity contribution in [2.75, 3.05) is 11.9 Å². The van der Waals surface area contributed by atoms with E-state index in [1.54, 1.807) is 43.3 Å². The summed E-state index contributed by atoms with van der Waals surface area (Å²) in [6.45, 7) is 1.50. The molecule has 0 fully saturated rings. The first kappa shape index (κ1) is 15.3. The fourth-order valence-electron chi connectivity index (χ4n) is 1.98. The van der Waals surface area contributed by atoms with Gasteiger partial charge in [-0.25, -0.2) is 4.39 Å². The summed E-state index contributed by atoms with van der Waals surface area (Å²) in [5.74, 6) is -0.377. The Hall–Kier alpha value is -1.10. The fraction of sp³-hybridized carbons (Fsp3) is 0.200. The third-order valence-electron chi connectivity index (χ3n) is 3.11. The summed E-state index contributed by atoms with van der Waals surface area (Å²) in [6, 6.07) is 11.8. The lowest BCUT2D eigenvalue weighted by atomic mass is 9.92. The monoisotopic (exact) mass is 357 g/mol. The number of halogens is 3. The Balaban J connectivity index is 2.35. The Labute approximate surface area is 130 Å². The third-order valence-corrected chi connectivity index (χ3v) is 3.85. The Morgan fingerprint density at radius 3 is 2.45 bits per heavy atom. The standard InChI is InChI=1S/C15H14BrClFNO/c1-15(9-20,13-7-2-10(16)8-14(13)18)19-12-5-3-11(17)4-6-12/h2-8,19-20H,9H2,1H3. The van der Waals surface area contributed by atoms with E-state index in [1.165, 1.54) is 6.07 Å². The van der Waals surface area contributed by atoms with E-state index in [2.05, 4.69) is 21.2 Å². The molecule has 2 aromatic carbocycles. The van der Waals surface area contributed by atoms with Crippen molar-refractivity contribution in [3.05, 3.63) is 63.3 Å².